The molecule has 2 aromatic rings. The minimum atomic E-state index is -0.294. The van der Waals surface area contributed by atoms with Crippen LogP contribution in [0.2, 0.25) is 0 Å². The van der Waals surface area contributed by atoms with Gasteiger partial charge in [-0.1, -0.05) is 37.1 Å². The molecule has 0 aliphatic carbocycles. The Balaban J connectivity index is 2.24. The highest BCUT2D eigenvalue weighted by Crippen LogP contribution is 2.22. The van der Waals surface area contributed by atoms with Crippen LogP contribution in [0.4, 0.5) is 0 Å². The van der Waals surface area contributed by atoms with Crippen LogP contribution in [-0.4, -0.2) is 29.8 Å². The van der Waals surface area contributed by atoms with Gasteiger partial charge in [0.2, 0.25) is 0 Å². The van der Waals surface area contributed by atoms with Gasteiger partial charge in [0, 0.05) is 15.5 Å². The molecule has 138 valence electrons. The van der Waals surface area contributed by atoms with E-state index in [1.54, 1.807) is 36.4 Å². The lowest BCUT2D eigenvalue weighted by atomic mass is 10.1. The predicted octanol–water partition coefficient (Wildman–Crippen LogP) is 5.01. The first-order valence-electron chi connectivity index (χ1n) is 8.61. The number of unbranched alkanes of at least 4 members (excludes halogenated alkanes) is 3. The summed E-state index contributed by atoms with van der Waals surface area (Å²) in [6, 6.07) is 14.3. The smallest absolute Gasteiger partial charge is 0.261 e. The normalized spacial score (nSPS) is 10.6. The Labute approximate surface area is 171 Å². The summed E-state index contributed by atoms with van der Waals surface area (Å²) in [5.41, 5.74) is 6.49. The molecular weight excluding hydrogens is 460 g/mol. The maximum atomic E-state index is 13.1. The van der Waals surface area contributed by atoms with Gasteiger partial charge in [-0.25, -0.2) is 0 Å². The van der Waals surface area contributed by atoms with Crippen LogP contribution in [0, 0.1) is 0 Å². The predicted molar refractivity (Wildman–Crippen MR) is 111 cm³/mol. The highest BCUT2D eigenvalue weighted by atomic mass is 79.9. The van der Waals surface area contributed by atoms with Gasteiger partial charge in [0.15, 0.2) is 0 Å². The van der Waals surface area contributed by atoms with Crippen molar-refractivity contribution >= 4 is 43.7 Å². The molecule has 2 amide bonds. The number of hydrogen-bond donors (Lipinski definition) is 1. The molecule has 0 saturated carbocycles. The molecule has 2 aromatic carbocycles. The Bertz CT molecular complexity index is 707. The minimum absolute atomic E-state index is 0.294. The summed E-state index contributed by atoms with van der Waals surface area (Å²) in [7, 11) is 0. The van der Waals surface area contributed by atoms with Gasteiger partial charge in [-0.05, 0) is 75.5 Å². The van der Waals surface area contributed by atoms with Gasteiger partial charge >= 0.3 is 0 Å². The Morgan fingerprint density at radius 3 is 1.69 bits per heavy atom. The molecule has 2 rings (SSSR count). The zero-order valence-corrected chi connectivity index (χ0v) is 17.6. The monoisotopic (exact) mass is 480 g/mol. The zero-order valence-electron chi connectivity index (χ0n) is 14.5. The van der Waals surface area contributed by atoms with Crippen LogP contribution < -0.4 is 5.73 Å². The fourth-order valence-electron chi connectivity index (χ4n) is 2.62. The van der Waals surface area contributed by atoms with E-state index in [1.165, 1.54) is 4.90 Å². The summed E-state index contributed by atoms with van der Waals surface area (Å²) >= 11 is 6.81. The van der Waals surface area contributed by atoms with Gasteiger partial charge < -0.3 is 5.73 Å². The van der Waals surface area contributed by atoms with Crippen molar-refractivity contribution in [3.05, 3.63) is 68.6 Å². The number of imide groups is 1. The molecule has 0 aliphatic heterocycles. The van der Waals surface area contributed by atoms with Crippen molar-refractivity contribution in [2.24, 2.45) is 5.73 Å². The fraction of sp³-hybridized carbons (Fsp3) is 0.300. The first kappa shape index (κ1) is 20.8. The standard InChI is InChI=1S/C20H22Br2N2O2/c21-17-11-5-3-9-15(17)19(25)24(14-8-2-1-7-13-23)20(26)16-10-4-6-12-18(16)22/h3-6,9-12H,1-2,7-8,13-14,23H2. The number of rotatable bonds is 8. The maximum Gasteiger partial charge on any atom is 0.261 e. The van der Waals surface area contributed by atoms with E-state index in [2.05, 4.69) is 31.9 Å². The molecule has 2 N–H and O–H groups in total. The van der Waals surface area contributed by atoms with Crippen LogP contribution in [0.1, 0.15) is 46.4 Å². The molecule has 0 spiro atoms. The molecule has 0 aliphatic rings. The molecule has 0 heterocycles. The highest BCUT2D eigenvalue weighted by molar-refractivity contribution is 9.10. The number of halogens is 2. The molecule has 6 heteroatoms. The Morgan fingerprint density at radius 1 is 0.769 bits per heavy atom. The molecule has 4 nitrogen and oxygen atoms in total. The van der Waals surface area contributed by atoms with Gasteiger partial charge in [0.25, 0.3) is 11.8 Å². The second-order valence-electron chi connectivity index (χ2n) is 5.92. The third kappa shape index (κ3) is 5.50. The number of carbonyl (C=O) groups is 2. The summed E-state index contributed by atoms with van der Waals surface area (Å²) in [6.07, 6.45) is 3.64. The van der Waals surface area contributed by atoms with Crippen molar-refractivity contribution in [3.63, 3.8) is 0 Å². The molecule has 0 fully saturated rings. The SMILES string of the molecule is NCCCCCCN(C(=O)c1ccccc1Br)C(=O)c1ccccc1Br. The van der Waals surface area contributed by atoms with Crippen LogP contribution in [-0.2, 0) is 0 Å². The van der Waals surface area contributed by atoms with Gasteiger partial charge in [-0.2, -0.15) is 0 Å². The van der Waals surface area contributed by atoms with E-state index >= 15 is 0 Å². The Hall–Kier alpha value is -1.50. The third-order valence-electron chi connectivity index (χ3n) is 4.03. The molecule has 0 aromatic heterocycles. The van der Waals surface area contributed by atoms with Crippen LogP contribution >= 0.6 is 31.9 Å². The highest BCUT2D eigenvalue weighted by Gasteiger charge is 2.26. The molecule has 0 saturated heterocycles. The number of hydrogen-bond acceptors (Lipinski definition) is 3. The van der Waals surface area contributed by atoms with Crippen molar-refractivity contribution in [1.82, 2.24) is 4.90 Å². The summed E-state index contributed by atoms with van der Waals surface area (Å²) in [6.45, 7) is 1.04. The summed E-state index contributed by atoms with van der Waals surface area (Å²) < 4.78 is 1.36. The molecule has 0 unspecified atom stereocenters. The second kappa shape index (κ2) is 10.6. The van der Waals surface area contributed by atoms with Crippen molar-refractivity contribution in [2.45, 2.75) is 25.7 Å². The summed E-state index contributed by atoms with van der Waals surface area (Å²) in [5, 5.41) is 0. The first-order chi connectivity index (χ1) is 12.6. The fourth-order valence-corrected chi connectivity index (χ4v) is 3.53. The number of nitrogens with two attached hydrogens (primary N) is 1. The molecule has 26 heavy (non-hydrogen) atoms. The topological polar surface area (TPSA) is 63.4 Å². The average molecular weight is 482 g/mol. The number of amides is 2. The molecular formula is C20H22Br2N2O2. The quantitative estimate of drug-likeness (QED) is 0.425. The lowest BCUT2D eigenvalue weighted by Crippen LogP contribution is -2.38. The number of nitrogens with zero attached hydrogens (tertiary/aromatic N) is 1. The van der Waals surface area contributed by atoms with E-state index in [4.69, 9.17) is 5.73 Å². The van der Waals surface area contributed by atoms with Crippen molar-refractivity contribution in [1.29, 1.82) is 0 Å². The van der Waals surface area contributed by atoms with E-state index < -0.39 is 0 Å². The van der Waals surface area contributed by atoms with E-state index in [0.717, 1.165) is 25.7 Å². The second-order valence-corrected chi connectivity index (χ2v) is 7.63. The van der Waals surface area contributed by atoms with Crippen LogP contribution in [0.5, 0.6) is 0 Å². The van der Waals surface area contributed by atoms with Gasteiger partial charge in [-0.3, -0.25) is 14.5 Å². The zero-order chi connectivity index (χ0) is 18.9. The lowest BCUT2D eigenvalue weighted by Gasteiger charge is -2.22. The van der Waals surface area contributed by atoms with Crippen LogP contribution in [0.15, 0.2) is 57.5 Å². The average Bonchev–Trinajstić information content (AvgIpc) is 2.64. The Morgan fingerprint density at radius 2 is 1.23 bits per heavy atom. The van der Waals surface area contributed by atoms with Gasteiger partial charge in [-0.15, -0.1) is 0 Å². The van der Waals surface area contributed by atoms with Crippen molar-refractivity contribution in [3.8, 4) is 0 Å². The van der Waals surface area contributed by atoms with Gasteiger partial charge in [0.05, 0.1) is 11.1 Å². The number of benzene rings is 2. The van der Waals surface area contributed by atoms with Crippen LogP contribution in [0.3, 0.4) is 0 Å². The van der Waals surface area contributed by atoms with E-state index in [9.17, 15) is 9.59 Å². The summed E-state index contributed by atoms with van der Waals surface area (Å²) in [4.78, 5) is 27.4. The van der Waals surface area contributed by atoms with E-state index in [-0.39, 0.29) is 11.8 Å². The van der Waals surface area contributed by atoms with E-state index in [0.29, 0.717) is 33.2 Å². The first-order valence-corrected chi connectivity index (χ1v) is 10.2. The Kier molecular flexibility index (Phi) is 8.48. The van der Waals surface area contributed by atoms with Gasteiger partial charge in [0.1, 0.15) is 0 Å². The van der Waals surface area contributed by atoms with Crippen molar-refractivity contribution < 1.29 is 9.59 Å². The number of carbonyl (C=O) groups excluding carboxylic acids is 2. The largest absolute Gasteiger partial charge is 0.330 e. The lowest BCUT2D eigenvalue weighted by molar-refractivity contribution is 0.0612. The molecule has 0 radical (unpaired) electrons. The summed E-state index contributed by atoms with van der Waals surface area (Å²) in [5.74, 6) is -0.589. The third-order valence-corrected chi connectivity index (χ3v) is 5.42. The van der Waals surface area contributed by atoms with Crippen LogP contribution in [0.25, 0.3) is 0 Å². The molecule has 0 bridgehead atoms. The van der Waals surface area contributed by atoms with Crippen molar-refractivity contribution in [2.75, 3.05) is 13.1 Å². The maximum absolute atomic E-state index is 13.1. The van der Waals surface area contributed by atoms with E-state index in [1.807, 2.05) is 12.1 Å². The minimum Gasteiger partial charge on any atom is -0.330 e. The molecule has 0 atom stereocenters.